The number of carbonyl (C=O) groups is 2. The maximum atomic E-state index is 12.2. The maximum absolute atomic E-state index is 12.2. The van der Waals surface area contributed by atoms with Crippen LogP contribution in [0.5, 0.6) is 0 Å². The zero-order valence-corrected chi connectivity index (χ0v) is 14.5. The van der Waals surface area contributed by atoms with E-state index in [1.807, 2.05) is 37.4 Å². The molecule has 1 atom stereocenters. The summed E-state index contributed by atoms with van der Waals surface area (Å²) in [6.07, 6.45) is 0.817. The molecule has 1 N–H and O–H groups in total. The molecular formula is C18H22N2O2S. The molecular weight excluding hydrogens is 308 g/mol. The minimum atomic E-state index is -0.221. The highest BCUT2D eigenvalue weighted by atomic mass is 32.1. The first kappa shape index (κ1) is 17.2. The van der Waals surface area contributed by atoms with Crippen molar-refractivity contribution in [2.75, 3.05) is 13.6 Å². The lowest BCUT2D eigenvalue weighted by molar-refractivity contribution is -0.130. The number of hydrogen-bond acceptors (Lipinski definition) is 3. The summed E-state index contributed by atoms with van der Waals surface area (Å²) in [6, 6.07) is 9.48. The van der Waals surface area contributed by atoms with Crippen LogP contribution in [0.2, 0.25) is 0 Å². The number of nitrogens with zero attached hydrogens (tertiary/aromatic N) is 1. The van der Waals surface area contributed by atoms with Gasteiger partial charge in [-0.05, 0) is 54.8 Å². The third kappa shape index (κ3) is 4.93. The highest BCUT2D eigenvalue weighted by Crippen LogP contribution is 2.11. The van der Waals surface area contributed by atoms with Crippen LogP contribution in [0.4, 0.5) is 0 Å². The monoisotopic (exact) mass is 330 g/mol. The van der Waals surface area contributed by atoms with Crippen molar-refractivity contribution in [3.63, 3.8) is 0 Å². The zero-order chi connectivity index (χ0) is 16.8. The number of benzene rings is 1. The first-order valence-electron chi connectivity index (χ1n) is 7.59. The highest BCUT2D eigenvalue weighted by Gasteiger charge is 2.17. The van der Waals surface area contributed by atoms with Crippen LogP contribution < -0.4 is 5.32 Å². The van der Waals surface area contributed by atoms with Gasteiger partial charge in [-0.25, -0.2) is 0 Å². The number of nitrogens with one attached hydrogen (secondary N) is 1. The highest BCUT2D eigenvalue weighted by molar-refractivity contribution is 7.07. The number of likely N-dealkylation sites (N-methyl/N-ethyl adjacent to an activating group) is 1. The lowest BCUT2D eigenvalue weighted by atomic mass is 10.1. The molecule has 0 fully saturated rings. The average molecular weight is 330 g/mol. The van der Waals surface area contributed by atoms with Gasteiger partial charge >= 0.3 is 0 Å². The van der Waals surface area contributed by atoms with Crippen molar-refractivity contribution in [3.8, 4) is 0 Å². The van der Waals surface area contributed by atoms with Crippen molar-refractivity contribution in [2.45, 2.75) is 26.3 Å². The van der Waals surface area contributed by atoms with Crippen molar-refractivity contribution >= 4 is 23.2 Å². The van der Waals surface area contributed by atoms with Gasteiger partial charge in [0.1, 0.15) is 0 Å². The predicted octanol–water partition coefficient (Wildman–Crippen LogP) is 2.88. The Bertz CT molecular complexity index is 667. The zero-order valence-electron chi connectivity index (χ0n) is 13.7. The Hall–Kier alpha value is -2.14. The summed E-state index contributed by atoms with van der Waals surface area (Å²) < 4.78 is 0. The van der Waals surface area contributed by atoms with Crippen LogP contribution in [0, 0.1) is 6.92 Å². The van der Waals surface area contributed by atoms with Crippen LogP contribution in [-0.2, 0) is 11.2 Å². The summed E-state index contributed by atoms with van der Waals surface area (Å²) in [5.74, 6) is -0.310. The fourth-order valence-corrected chi connectivity index (χ4v) is 2.98. The average Bonchev–Trinajstić information content (AvgIpc) is 3.04. The van der Waals surface area contributed by atoms with Gasteiger partial charge in [0.15, 0.2) is 0 Å². The van der Waals surface area contributed by atoms with E-state index in [1.54, 1.807) is 29.4 Å². The van der Waals surface area contributed by atoms with E-state index in [4.69, 9.17) is 0 Å². The van der Waals surface area contributed by atoms with Crippen LogP contribution in [0.3, 0.4) is 0 Å². The smallest absolute Gasteiger partial charge is 0.251 e. The number of carbonyl (C=O) groups excluding carboxylic acids is 2. The van der Waals surface area contributed by atoms with E-state index in [-0.39, 0.29) is 24.4 Å². The lowest BCUT2D eigenvalue weighted by Gasteiger charge is -2.25. The van der Waals surface area contributed by atoms with Gasteiger partial charge < -0.3 is 10.2 Å². The Kier molecular flexibility index (Phi) is 5.93. The topological polar surface area (TPSA) is 49.4 Å². The molecule has 2 amide bonds. The summed E-state index contributed by atoms with van der Waals surface area (Å²) in [7, 11) is 1.78. The van der Waals surface area contributed by atoms with Crippen molar-refractivity contribution < 1.29 is 9.59 Å². The molecule has 122 valence electrons. The van der Waals surface area contributed by atoms with Gasteiger partial charge in [0.05, 0.1) is 6.54 Å². The predicted molar refractivity (Wildman–Crippen MR) is 93.8 cm³/mol. The van der Waals surface area contributed by atoms with Crippen LogP contribution in [0.1, 0.15) is 28.4 Å². The van der Waals surface area contributed by atoms with Gasteiger partial charge in [0.2, 0.25) is 5.91 Å². The van der Waals surface area contributed by atoms with Gasteiger partial charge in [-0.15, -0.1) is 0 Å². The molecule has 1 heterocycles. The molecule has 0 unspecified atom stereocenters. The molecule has 0 saturated heterocycles. The molecule has 0 aliphatic carbocycles. The lowest BCUT2D eigenvalue weighted by Crippen LogP contribution is -2.43. The number of aryl methyl sites for hydroxylation is 1. The van der Waals surface area contributed by atoms with E-state index in [0.717, 1.165) is 12.0 Å². The van der Waals surface area contributed by atoms with Crippen LogP contribution in [-0.4, -0.2) is 36.3 Å². The Balaban J connectivity index is 1.84. The molecule has 5 heteroatoms. The molecule has 4 nitrogen and oxygen atoms in total. The second-order valence-electron chi connectivity index (χ2n) is 5.74. The van der Waals surface area contributed by atoms with Gasteiger partial charge in [-0.2, -0.15) is 11.3 Å². The normalized spacial score (nSPS) is 11.8. The third-order valence-corrected chi connectivity index (χ3v) is 4.58. The second-order valence-corrected chi connectivity index (χ2v) is 6.52. The largest absolute Gasteiger partial charge is 0.343 e. The molecule has 0 bridgehead atoms. The first-order valence-corrected chi connectivity index (χ1v) is 8.53. The van der Waals surface area contributed by atoms with E-state index in [9.17, 15) is 9.59 Å². The first-order chi connectivity index (χ1) is 11.0. The molecule has 0 spiro atoms. The molecule has 2 rings (SSSR count). The van der Waals surface area contributed by atoms with Gasteiger partial charge in [0, 0.05) is 18.7 Å². The molecule has 0 aliphatic heterocycles. The number of rotatable bonds is 6. The Morgan fingerprint density at radius 1 is 1.30 bits per heavy atom. The third-order valence-electron chi connectivity index (χ3n) is 3.85. The number of amides is 2. The minimum absolute atomic E-state index is 0.0112. The quantitative estimate of drug-likeness (QED) is 0.885. The van der Waals surface area contributed by atoms with Crippen LogP contribution in [0.15, 0.2) is 41.1 Å². The molecule has 0 saturated carbocycles. The van der Waals surface area contributed by atoms with Crippen molar-refractivity contribution in [1.29, 1.82) is 0 Å². The van der Waals surface area contributed by atoms with Crippen molar-refractivity contribution in [3.05, 3.63) is 57.8 Å². The Morgan fingerprint density at radius 3 is 2.74 bits per heavy atom. The number of hydrogen-bond donors (Lipinski definition) is 1. The molecule has 0 aliphatic rings. The number of thiophene rings is 1. The SMILES string of the molecule is Cc1cccc(C(=O)NCC(=O)N(C)[C@H](C)Cc2ccsc2)c1. The fourth-order valence-electron chi connectivity index (χ4n) is 2.30. The fraction of sp³-hybridized carbons (Fsp3) is 0.333. The van der Waals surface area contributed by atoms with Crippen molar-refractivity contribution in [2.24, 2.45) is 0 Å². The molecule has 1 aromatic heterocycles. The summed E-state index contributed by atoms with van der Waals surface area (Å²) >= 11 is 1.65. The van der Waals surface area contributed by atoms with Gasteiger partial charge in [-0.3, -0.25) is 9.59 Å². The summed E-state index contributed by atoms with van der Waals surface area (Å²) in [5.41, 5.74) is 2.82. The molecule has 1 aromatic carbocycles. The van der Waals surface area contributed by atoms with Crippen molar-refractivity contribution in [1.82, 2.24) is 10.2 Å². The Labute approximate surface area is 141 Å². The molecule has 0 radical (unpaired) electrons. The van der Waals surface area contributed by atoms with E-state index >= 15 is 0 Å². The standard InChI is InChI=1S/C18H22N2O2S/c1-13-5-4-6-16(9-13)18(22)19-11-17(21)20(3)14(2)10-15-7-8-23-12-15/h4-9,12,14H,10-11H2,1-3H3,(H,19,22)/t14-/m1/s1. The molecule has 23 heavy (non-hydrogen) atoms. The van der Waals surface area contributed by atoms with E-state index in [0.29, 0.717) is 5.56 Å². The second kappa shape index (κ2) is 7.92. The van der Waals surface area contributed by atoms with E-state index < -0.39 is 0 Å². The van der Waals surface area contributed by atoms with E-state index in [2.05, 4.69) is 16.8 Å². The maximum Gasteiger partial charge on any atom is 0.251 e. The summed E-state index contributed by atoms with van der Waals surface area (Å²) in [6.45, 7) is 3.96. The molecule has 2 aromatic rings. The van der Waals surface area contributed by atoms with Gasteiger partial charge in [-0.1, -0.05) is 17.7 Å². The van der Waals surface area contributed by atoms with Crippen LogP contribution >= 0.6 is 11.3 Å². The summed E-state index contributed by atoms with van der Waals surface area (Å²) in [5, 5.41) is 6.82. The van der Waals surface area contributed by atoms with Gasteiger partial charge in [0.25, 0.3) is 5.91 Å². The summed E-state index contributed by atoms with van der Waals surface area (Å²) in [4.78, 5) is 26.0. The van der Waals surface area contributed by atoms with Crippen LogP contribution in [0.25, 0.3) is 0 Å². The Morgan fingerprint density at radius 2 is 2.09 bits per heavy atom. The minimum Gasteiger partial charge on any atom is -0.343 e. The van der Waals surface area contributed by atoms with E-state index in [1.165, 1.54) is 5.56 Å².